The molecule has 2 rings (SSSR count). The molecule has 19 heavy (non-hydrogen) atoms. The van der Waals surface area contributed by atoms with E-state index in [1.54, 1.807) is 30.3 Å². The van der Waals surface area contributed by atoms with Crippen LogP contribution >= 0.6 is 0 Å². The Kier molecular flexibility index (Phi) is 3.71. The van der Waals surface area contributed by atoms with Crippen LogP contribution in [0.1, 0.15) is 21.5 Å². The van der Waals surface area contributed by atoms with Crippen molar-refractivity contribution < 1.29 is 9.53 Å². The Labute approximate surface area is 112 Å². The lowest BCUT2D eigenvalue weighted by Crippen LogP contribution is -2.07. The molecular formula is C15H16N2O2. The van der Waals surface area contributed by atoms with Crippen molar-refractivity contribution in [3.63, 3.8) is 0 Å². The predicted molar refractivity (Wildman–Crippen MR) is 75.6 cm³/mol. The van der Waals surface area contributed by atoms with Crippen molar-refractivity contribution in [3.05, 3.63) is 59.2 Å². The Morgan fingerprint density at radius 3 is 2.37 bits per heavy atom. The van der Waals surface area contributed by atoms with E-state index in [-0.39, 0.29) is 12.6 Å². The molecule has 0 bridgehead atoms. The van der Waals surface area contributed by atoms with Gasteiger partial charge in [0.25, 0.3) is 0 Å². The highest BCUT2D eigenvalue weighted by atomic mass is 16.5. The number of ether oxygens (including phenoxy) is 1. The lowest BCUT2D eigenvalue weighted by Gasteiger charge is -2.08. The average Bonchev–Trinajstić information content (AvgIpc) is 2.40. The number of carbonyl (C=O) groups excluding carboxylic acids is 1. The van der Waals surface area contributed by atoms with Crippen molar-refractivity contribution in [1.82, 2.24) is 0 Å². The number of nitrogens with two attached hydrogens (primary N) is 2. The third-order valence-corrected chi connectivity index (χ3v) is 2.83. The molecule has 4 heteroatoms. The summed E-state index contributed by atoms with van der Waals surface area (Å²) in [6.45, 7) is 2.06. The van der Waals surface area contributed by atoms with E-state index in [1.165, 1.54) is 0 Å². The molecule has 0 aliphatic rings. The molecule has 2 aromatic carbocycles. The molecule has 0 aromatic heterocycles. The standard InChI is InChI=1S/C15H16N2O2/c1-10-2-5-13(17)8-14(10)15(18)19-9-11-3-6-12(16)7-4-11/h2-8H,9,16-17H2,1H3. The van der Waals surface area contributed by atoms with E-state index in [2.05, 4.69) is 0 Å². The summed E-state index contributed by atoms with van der Waals surface area (Å²) in [5.41, 5.74) is 14.7. The molecule has 4 nitrogen and oxygen atoms in total. The van der Waals surface area contributed by atoms with Crippen LogP contribution in [0.3, 0.4) is 0 Å². The number of anilines is 2. The van der Waals surface area contributed by atoms with Gasteiger partial charge in [0, 0.05) is 11.4 Å². The SMILES string of the molecule is Cc1ccc(N)cc1C(=O)OCc1ccc(N)cc1. The monoisotopic (exact) mass is 256 g/mol. The first kappa shape index (κ1) is 13.0. The second-order valence-electron chi connectivity index (χ2n) is 4.39. The predicted octanol–water partition coefficient (Wildman–Crippen LogP) is 2.52. The maximum atomic E-state index is 12.0. The summed E-state index contributed by atoms with van der Waals surface area (Å²) in [5, 5.41) is 0. The summed E-state index contributed by atoms with van der Waals surface area (Å²) in [4.78, 5) is 12.0. The van der Waals surface area contributed by atoms with E-state index >= 15 is 0 Å². The molecule has 0 aliphatic heterocycles. The quantitative estimate of drug-likeness (QED) is 0.653. The van der Waals surface area contributed by atoms with Gasteiger partial charge in [0.05, 0.1) is 5.56 Å². The van der Waals surface area contributed by atoms with Crippen molar-refractivity contribution in [3.8, 4) is 0 Å². The van der Waals surface area contributed by atoms with Crippen LogP contribution < -0.4 is 11.5 Å². The molecule has 4 N–H and O–H groups in total. The highest BCUT2D eigenvalue weighted by Gasteiger charge is 2.11. The van der Waals surface area contributed by atoms with Crippen LogP contribution in [0.5, 0.6) is 0 Å². The number of nitrogen functional groups attached to an aromatic ring is 2. The molecule has 98 valence electrons. The molecule has 0 aliphatic carbocycles. The summed E-state index contributed by atoms with van der Waals surface area (Å²) in [5.74, 6) is -0.373. The molecule has 0 amide bonds. The van der Waals surface area contributed by atoms with E-state index in [0.717, 1.165) is 11.1 Å². The number of esters is 1. The molecular weight excluding hydrogens is 240 g/mol. The Hall–Kier alpha value is -2.49. The summed E-state index contributed by atoms with van der Waals surface area (Å²) >= 11 is 0. The van der Waals surface area contributed by atoms with E-state index < -0.39 is 0 Å². The van der Waals surface area contributed by atoms with E-state index in [0.29, 0.717) is 16.9 Å². The lowest BCUT2D eigenvalue weighted by molar-refractivity contribution is 0.0472. The molecule has 0 unspecified atom stereocenters. The number of hydrogen-bond donors (Lipinski definition) is 2. The molecule has 0 fully saturated rings. The van der Waals surface area contributed by atoms with Crippen LogP contribution in [0.15, 0.2) is 42.5 Å². The van der Waals surface area contributed by atoms with Crippen LogP contribution in [-0.4, -0.2) is 5.97 Å². The van der Waals surface area contributed by atoms with Crippen LogP contribution in [0.2, 0.25) is 0 Å². The van der Waals surface area contributed by atoms with Crippen molar-refractivity contribution in [2.75, 3.05) is 11.5 Å². The summed E-state index contributed by atoms with van der Waals surface area (Å²) < 4.78 is 5.25. The van der Waals surface area contributed by atoms with Crippen LogP contribution in [0, 0.1) is 6.92 Å². The Bertz CT molecular complexity index is 592. The number of hydrogen-bond acceptors (Lipinski definition) is 4. The fourth-order valence-electron chi connectivity index (χ4n) is 1.70. The molecule has 0 radical (unpaired) electrons. The smallest absolute Gasteiger partial charge is 0.338 e. The fourth-order valence-corrected chi connectivity index (χ4v) is 1.70. The van der Waals surface area contributed by atoms with Crippen LogP contribution in [-0.2, 0) is 11.3 Å². The minimum absolute atomic E-state index is 0.216. The van der Waals surface area contributed by atoms with Crippen molar-refractivity contribution >= 4 is 17.3 Å². The molecule has 0 saturated carbocycles. The second kappa shape index (κ2) is 5.44. The molecule has 0 atom stereocenters. The van der Waals surface area contributed by atoms with Gasteiger partial charge >= 0.3 is 5.97 Å². The topological polar surface area (TPSA) is 78.3 Å². The van der Waals surface area contributed by atoms with Gasteiger partial charge in [-0.05, 0) is 42.3 Å². The first-order valence-corrected chi connectivity index (χ1v) is 5.94. The molecule has 0 heterocycles. The lowest BCUT2D eigenvalue weighted by atomic mass is 10.1. The largest absolute Gasteiger partial charge is 0.457 e. The van der Waals surface area contributed by atoms with Crippen molar-refractivity contribution in [2.24, 2.45) is 0 Å². The number of benzene rings is 2. The third kappa shape index (κ3) is 3.25. The third-order valence-electron chi connectivity index (χ3n) is 2.83. The maximum Gasteiger partial charge on any atom is 0.338 e. The van der Waals surface area contributed by atoms with Gasteiger partial charge in [-0.3, -0.25) is 0 Å². The first-order valence-electron chi connectivity index (χ1n) is 5.94. The molecule has 0 saturated heterocycles. The summed E-state index contributed by atoms with van der Waals surface area (Å²) in [7, 11) is 0. The second-order valence-corrected chi connectivity index (χ2v) is 4.39. The highest BCUT2D eigenvalue weighted by molar-refractivity contribution is 5.92. The van der Waals surface area contributed by atoms with Gasteiger partial charge in [0.2, 0.25) is 0 Å². The van der Waals surface area contributed by atoms with Gasteiger partial charge in [-0.25, -0.2) is 4.79 Å². The van der Waals surface area contributed by atoms with Crippen LogP contribution in [0.4, 0.5) is 11.4 Å². The zero-order valence-corrected chi connectivity index (χ0v) is 10.7. The van der Waals surface area contributed by atoms with Crippen molar-refractivity contribution in [1.29, 1.82) is 0 Å². The minimum atomic E-state index is -0.373. The van der Waals surface area contributed by atoms with Gasteiger partial charge in [-0.1, -0.05) is 18.2 Å². The van der Waals surface area contributed by atoms with E-state index in [1.807, 2.05) is 19.1 Å². The van der Waals surface area contributed by atoms with Gasteiger partial charge in [-0.15, -0.1) is 0 Å². The van der Waals surface area contributed by atoms with Crippen LogP contribution in [0.25, 0.3) is 0 Å². The Morgan fingerprint density at radius 1 is 1.05 bits per heavy atom. The fraction of sp³-hybridized carbons (Fsp3) is 0.133. The zero-order chi connectivity index (χ0) is 13.8. The van der Waals surface area contributed by atoms with Gasteiger partial charge in [-0.2, -0.15) is 0 Å². The number of rotatable bonds is 3. The number of aryl methyl sites for hydroxylation is 1. The van der Waals surface area contributed by atoms with E-state index in [9.17, 15) is 4.79 Å². The molecule has 2 aromatic rings. The highest BCUT2D eigenvalue weighted by Crippen LogP contribution is 2.15. The minimum Gasteiger partial charge on any atom is -0.457 e. The normalized spacial score (nSPS) is 10.2. The van der Waals surface area contributed by atoms with Gasteiger partial charge in [0.1, 0.15) is 6.61 Å². The Morgan fingerprint density at radius 2 is 1.68 bits per heavy atom. The molecule has 0 spiro atoms. The summed E-state index contributed by atoms with van der Waals surface area (Å²) in [6.07, 6.45) is 0. The Balaban J connectivity index is 2.05. The maximum absolute atomic E-state index is 12.0. The van der Waals surface area contributed by atoms with Gasteiger partial charge < -0.3 is 16.2 Å². The zero-order valence-electron chi connectivity index (χ0n) is 10.7. The van der Waals surface area contributed by atoms with Crippen molar-refractivity contribution in [2.45, 2.75) is 13.5 Å². The number of carbonyl (C=O) groups is 1. The van der Waals surface area contributed by atoms with E-state index in [4.69, 9.17) is 16.2 Å². The first-order chi connectivity index (χ1) is 9.06. The average molecular weight is 256 g/mol. The summed E-state index contributed by atoms with van der Waals surface area (Å²) in [6, 6.07) is 12.4. The van der Waals surface area contributed by atoms with Gasteiger partial charge in [0.15, 0.2) is 0 Å².